The first-order chi connectivity index (χ1) is 12.6. The second kappa shape index (κ2) is 6.42. The highest BCUT2D eigenvalue weighted by molar-refractivity contribution is 7.91. The first-order valence-electron chi connectivity index (χ1n) is 8.27. The van der Waals surface area contributed by atoms with Crippen molar-refractivity contribution in [2.45, 2.75) is 17.4 Å². The largest absolute Gasteiger partial charge is 0.345 e. The van der Waals surface area contributed by atoms with Crippen LogP contribution < -0.4 is 5.32 Å². The molecule has 0 spiro atoms. The Balaban J connectivity index is 1.64. The normalized spacial score (nSPS) is 18.1. The van der Waals surface area contributed by atoms with Crippen molar-refractivity contribution in [1.29, 1.82) is 0 Å². The molecule has 0 unspecified atom stereocenters. The molecule has 2 aromatic carbocycles. The summed E-state index contributed by atoms with van der Waals surface area (Å²) < 4.78 is 24.5. The highest BCUT2D eigenvalue weighted by atomic mass is 32.2. The molecular formula is C19H17N3O3S. The van der Waals surface area contributed by atoms with Crippen molar-refractivity contribution in [1.82, 2.24) is 15.5 Å². The van der Waals surface area contributed by atoms with Crippen molar-refractivity contribution in [3.63, 3.8) is 0 Å². The van der Waals surface area contributed by atoms with Crippen LogP contribution in [0.1, 0.15) is 28.4 Å². The molecule has 1 amide bonds. The van der Waals surface area contributed by atoms with Gasteiger partial charge in [0.1, 0.15) is 0 Å². The molecule has 26 heavy (non-hydrogen) atoms. The smallest absolute Gasteiger partial charge is 0.255 e. The molecule has 1 aliphatic heterocycles. The number of nitrogens with one attached hydrogen (secondary N) is 2. The number of benzene rings is 2. The number of carbonyl (C=O) groups is 1. The number of amides is 1. The molecule has 3 aromatic rings. The Kier molecular flexibility index (Phi) is 4.08. The summed E-state index contributed by atoms with van der Waals surface area (Å²) in [5.74, 6) is -0.261. The summed E-state index contributed by atoms with van der Waals surface area (Å²) >= 11 is 0. The fourth-order valence-electron chi connectivity index (χ4n) is 3.26. The highest BCUT2D eigenvalue weighted by Gasteiger charge is 2.31. The standard InChI is InChI=1S/C19H17N3O3S/c23-19(15-12-20-22-18(15)13-6-2-1-3-7-13)21-16-10-11-26(24,25)17-9-5-4-8-14(16)17/h1-9,12,16H,10-11H2,(H,20,22)(H,21,23)/t16-/m1/s1. The first kappa shape index (κ1) is 16.5. The number of nitrogens with zero attached hydrogens (tertiary/aromatic N) is 1. The lowest BCUT2D eigenvalue weighted by atomic mass is 10.0. The molecule has 4 rings (SSSR count). The van der Waals surface area contributed by atoms with Crippen LogP contribution in [0.15, 0.2) is 65.7 Å². The van der Waals surface area contributed by atoms with Crippen molar-refractivity contribution in [2.24, 2.45) is 0 Å². The van der Waals surface area contributed by atoms with E-state index >= 15 is 0 Å². The number of rotatable bonds is 3. The van der Waals surface area contributed by atoms with Gasteiger partial charge in [0.2, 0.25) is 0 Å². The maximum absolute atomic E-state index is 12.8. The van der Waals surface area contributed by atoms with Gasteiger partial charge in [0.05, 0.1) is 34.1 Å². The summed E-state index contributed by atoms with van der Waals surface area (Å²) in [7, 11) is -3.29. The Morgan fingerprint density at radius 1 is 1.08 bits per heavy atom. The Morgan fingerprint density at radius 2 is 1.81 bits per heavy atom. The molecular weight excluding hydrogens is 350 g/mol. The summed E-state index contributed by atoms with van der Waals surface area (Å²) in [5.41, 5.74) is 2.57. The predicted molar refractivity (Wildman–Crippen MR) is 97.3 cm³/mol. The SMILES string of the molecule is O=C(N[C@@H]1CCS(=O)(=O)c2ccccc21)c1cn[nH]c1-c1ccccc1. The molecule has 1 aromatic heterocycles. The second-order valence-electron chi connectivity index (χ2n) is 6.20. The minimum absolute atomic E-state index is 0.0197. The van der Waals surface area contributed by atoms with Crippen LogP contribution in [0, 0.1) is 0 Å². The number of hydrogen-bond acceptors (Lipinski definition) is 4. The molecule has 0 aliphatic carbocycles. The van der Waals surface area contributed by atoms with Crippen LogP contribution in [0.3, 0.4) is 0 Å². The monoisotopic (exact) mass is 367 g/mol. The number of aromatic amines is 1. The van der Waals surface area contributed by atoms with Gasteiger partial charge in [-0.3, -0.25) is 9.89 Å². The number of hydrogen-bond donors (Lipinski definition) is 2. The molecule has 6 nitrogen and oxygen atoms in total. The van der Waals surface area contributed by atoms with Crippen LogP contribution in [0.2, 0.25) is 0 Å². The Hall–Kier alpha value is -2.93. The summed E-state index contributed by atoms with van der Waals surface area (Å²) in [6.07, 6.45) is 1.84. The average Bonchev–Trinajstić information content (AvgIpc) is 3.15. The third-order valence-electron chi connectivity index (χ3n) is 4.56. The van der Waals surface area contributed by atoms with Gasteiger partial charge in [-0.1, -0.05) is 48.5 Å². The third kappa shape index (κ3) is 2.90. The van der Waals surface area contributed by atoms with E-state index in [1.807, 2.05) is 30.3 Å². The van der Waals surface area contributed by atoms with E-state index in [0.29, 0.717) is 28.1 Å². The Morgan fingerprint density at radius 3 is 2.62 bits per heavy atom. The second-order valence-corrected chi connectivity index (χ2v) is 8.27. The minimum Gasteiger partial charge on any atom is -0.345 e. The van der Waals surface area contributed by atoms with Gasteiger partial charge in [-0.05, 0) is 18.1 Å². The molecule has 1 atom stereocenters. The molecule has 0 bridgehead atoms. The minimum atomic E-state index is -3.29. The maximum atomic E-state index is 12.8. The van der Waals surface area contributed by atoms with E-state index in [9.17, 15) is 13.2 Å². The van der Waals surface area contributed by atoms with E-state index in [1.54, 1.807) is 24.3 Å². The van der Waals surface area contributed by atoms with E-state index in [0.717, 1.165) is 5.56 Å². The van der Waals surface area contributed by atoms with Crippen molar-refractivity contribution in [3.8, 4) is 11.3 Å². The molecule has 0 radical (unpaired) electrons. The lowest BCUT2D eigenvalue weighted by Gasteiger charge is -2.26. The summed E-state index contributed by atoms with van der Waals surface area (Å²) in [4.78, 5) is 13.1. The van der Waals surface area contributed by atoms with Crippen LogP contribution in [0.25, 0.3) is 11.3 Å². The van der Waals surface area contributed by atoms with Gasteiger partial charge in [-0.2, -0.15) is 5.10 Å². The topological polar surface area (TPSA) is 91.9 Å². The maximum Gasteiger partial charge on any atom is 0.255 e. The fraction of sp³-hybridized carbons (Fsp3) is 0.158. The van der Waals surface area contributed by atoms with Crippen LogP contribution in [-0.2, 0) is 9.84 Å². The highest BCUT2D eigenvalue weighted by Crippen LogP contribution is 2.32. The zero-order chi connectivity index (χ0) is 18.1. The number of sulfone groups is 1. The molecule has 1 aliphatic rings. The molecule has 7 heteroatoms. The van der Waals surface area contributed by atoms with Crippen molar-refractivity contribution in [3.05, 3.63) is 71.9 Å². The predicted octanol–water partition coefficient (Wildman–Crippen LogP) is 2.73. The van der Waals surface area contributed by atoms with Crippen molar-refractivity contribution < 1.29 is 13.2 Å². The van der Waals surface area contributed by atoms with Gasteiger partial charge >= 0.3 is 0 Å². The number of H-pyrrole nitrogens is 1. The van der Waals surface area contributed by atoms with Gasteiger partial charge in [0, 0.05) is 5.56 Å². The van der Waals surface area contributed by atoms with Gasteiger partial charge in [-0.15, -0.1) is 0 Å². The Bertz CT molecular complexity index is 1060. The molecule has 0 saturated heterocycles. The van der Waals surface area contributed by atoms with Gasteiger partial charge in [0.25, 0.3) is 5.91 Å². The molecule has 2 N–H and O–H groups in total. The molecule has 0 saturated carbocycles. The van der Waals surface area contributed by atoms with Crippen molar-refractivity contribution >= 4 is 15.7 Å². The quantitative estimate of drug-likeness (QED) is 0.744. The molecule has 2 heterocycles. The van der Waals surface area contributed by atoms with Crippen molar-refractivity contribution in [2.75, 3.05) is 5.75 Å². The van der Waals surface area contributed by atoms with E-state index in [-0.39, 0.29) is 17.7 Å². The van der Waals surface area contributed by atoms with Gasteiger partial charge in [0.15, 0.2) is 9.84 Å². The zero-order valence-electron chi connectivity index (χ0n) is 13.8. The lowest BCUT2D eigenvalue weighted by molar-refractivity contribution is 0.0935. The zero-order valence-corrected chi connectivity index (χ0v) is 14.7. The van der Waals surface area contributed by atoms with Crippen LogP contribution in [0.5, 0.6) is 0 Å². The Labute approximate surface area is 151 Å². The summed E-state index contributed by atoms with van der Waals surface area (Å²) in [5, 5.41) is 9.83. The summed E-state index contributed by atoms with van der Waals surface area (Å²) in [6, 6.07) is 16.0. The average molecular weight is 367 g/mol. The lowest BCUT2D eigenvalue weighted by Crippen LogP contribution is -2.34. The van der Waals surface area contributed by atoms with E-state index in [4.69, 9.17) is 0 Å². The number of aromatic nitrogens is 2. The van der Waals surface area contributed by atoms with Gasteiger partial charge < -0.3 is 5.32 Å². The fourth-order valence-corrected chi connectivity index (χ4v) is 4.88. The summed E-state index contributed by atoms with van der Waals surface area (Å²) in [6.45, 7) is 0. The van der Waals surface area contributed by atoms with Crippen LogP contribution in [0.4, 0.5) is 0 Å². The molecule has 0 fully saturated rings. The first-order valence-corrected chi connectivity index (χ1v) is 9.93. The van der Waals surface area contributed by atoms with Crippen LogP contribution >= 0.6 is 0 Å². The van der Waals surface area contributed by atoms with E-state index in [1.165, 1.54) is 6.20 Å². The van der Waals surface area contributed by atoms with E-state index in [2.05, 4.69) is 15.5 Å². The number of carbonyl (C=O) groups excluding carboxylic acids is 1. The van der Waals surface area contributed by atoms with Crippen LogP contribution in [-0.4, -0.2) is 30.3 Å². The molecule has 132 valence electrons. The van der Waals surface area contributed by atoms with Gasteiger partial charge in [-0.25, -0.2) is 8.42 Å². The number of fused-ring (bicyclic) bond motifs is 1. The van der Waals surface area contributed by atoms with E-state index < -0.39 is 9.84 Å². The third-order valence-corrected chi connectivity index (χ3v) is 6.37.